The Morgan fingerprint density at radius 2 is 2.21 bits per heavy atom. The zero-order chi connectivity index (χ0) is 13.8. The second kappa shape index (κ2) is 5.48. The number of carbonyl (C=O) groups is 1. The maximum absolute atomic E-state index is 11.6. The van der Waals surface area contributed by atoms with Crippen LogP contribution in [-0.4, -0.2) is 10.9 Å². The number of nitro benzene ring substituents is 1. The zero-order valence-corrected chi connectivity index (χ0v) is 10.5. The van der Waals surface area contributed by atoms with Crippen LogP contribution in [-0.2, 0) is 9.53 Å². The second-order valence-electron chi connectivity index (χ2n) is 4.20. The van der Waals surface area contributed by atoms with Gasteiger partial charge in [0.2, 0.25) is 0 Å². The maximum atomic E-state index is 11.6. The van der Waals surface area contributed by atoms with Gasteiger partial charge in [-0.05, 0) is 24.1 Å². The van der Waals surface area contributed by atoms with Gasteiger partial charge < -0.3 is 4.74 Å². The van der Waals surface area contributed by atoms with Crippen molar-refractivity contribution in [3.63, 3.8) is 0 Å². The molecule has 0 atom stereocenters. The first-order chi connectivity index (χ1) is 9.10. The highest BCUT2D eigenvalue weighted by Crippen LogP contribution is 2.24. The summed E-state index contributed by atoms with van der Waals surface area (Å²) in [5.41, 5.74) is 1.03. The lowest BCUT2D eigenvalue weighted by Crippen LogP contribution is -1.97. The Kier molecular flexibility index (Phi) is 3.75. The Hall–Kier alpha value is -2.43. The first-order valence-corrected chi connectivity index (χ1v) is 5.99. The lowest BCUT2D eigenvalue weighted by atomic mass is 10.1. The molecule has 0 fully saturated rings. The molecular formula is C14H13NO4. The minimum Gasteiger partial charge on any atom is -0.427 e. The number of nitro groups is 1. The number of non-ortho nitro benzene ring substituents is 1. The fourth-order valence-electron chi connectivity index (χ4n) is 1.82. The second-order valence-corrected chi connectivity index (χ2v) is 4.20. The molecule has 0 N–H and O–H groups in total. The first kappa shape index (κ1) is 13.0. The average molecular weight is 259 g/mol. The predicted molar refractivity (Wildman–Crippen MR) is 70.2 cm³/mol. The van der Waals surface area contributed by atoms with Crippen molar-refractivity contribution >= 4 is 17.7 Å². The molecule has 0 saturated carbocycles. The maximum Gasteiger partial charge on any atom is 0.343 e. The summed E-state index contributed by atoms with van der Waals surface area (Å²) >= 11 is 0. The van der Waals surface area contributed by atoms with Gasteiger partial charge in [0.25, 0.3) is 5.69 Å². The third-order valence-electron chi connectivity index (χ3n) is 2.68. The highest BCUT2D eigenvalue weighted by Gasteiger charge is 2.20. The molecule has 0 amide bonds. The predicted octanol–water partition coefficient (Wildman–Crippen LogP) is 3.22. The van der Waals surface area contributed by atoms with Crippen molar-refractivity contribution in [3.8, 4) is 0 Å². The van der Waals surface area contributed by atoms with Gasteiger partial charge in [-0.3, -0.25) is 10.1 Å². The minimum atomic E-state index is -0.465. The standard InChI is InChI=1S/C14H13NO4/c1-2-4-13-9-11(14(16)19-13)7-10-5-3-6-12(8-10)15(17)18/h3,5-9H,2,4H2,1H3/b11-7+. The normalized spacial score (nSPS) is 16.4. The van der Waals surface area contributed by atoms with Crippen LogP contribution in [0.1, 0.15) is 25.3 Å². The highest BCUT2D eigenvalue weighted by atomic mass is 16.6. The number of allylic oxidation sites excluding steroid dienone is 1. The number of carbonyl (C=O) groups excluding carboxylic acids is 1. The Bertz CT molecular complexity index is 587. The van der Waals surface area contributed by atoms with Crippen molar-refractivity contribution in [3.05, 3.63) is 57.4 Å². The van der Waals surface area contributed by atoms with E-state index in [1.54, 1.807) is 24.3 Å². The van der Waals surface area contributed by atoms with Gasteiger partial charge in [0.05, 0.1) is 10.5 Å². The topological polar surface area (TPSA) is 69.4 Å². The van der Waals surface area contributed by atoms with Crippen LogP contribution in [0.2, 0.25) is 0 Å². The van der Waals surface area contributed by atoms with E-state index >= 15 is 0 Å². The van der Waals surface area contributed by atoms with E-state index in [1.165, 1.54) is 12.1 Å². The smallest absolute Gasteiger partial charge is 0.343 e. The van der Waals surface area contributed by atoms with Crippen LogP contribution in [0.15, 0.2) is 41.7 Å². The fraction of sp³-hybridized carbons (Fsp3) is 0.214. The van der Waals surface area contributed by atoms with Crippen molar-refractivity contribution in [2.24, 2.45) is 0 Å². The van der Waals surface area contributed by atoms with E-state index in [-0.39, 0.29) is 5.69 Å². The van der Waals surface area contributed by atoms with E-state index in [0.29, 0.717) is 23.3 Å². The number of hydrogen-bond acceptors (Lipinski definition) is 4. The zero-order valence-electron chi connectivity index (χ0n) is 10.5. The molecule has 0 bridgehead atoms. The van der Waals surface area contributed by atoms with Crippen molar-refractivity contribution in [1.82, 2.24) is 0 Å². The van der Waals surface area contributed by atoms with E-state index in [0.717, 1.165) is 6.42 Å². The number of rotatable bonds is 4. The monoisotopic (exact) mass is 259 g/mol. The van der Waals surface area contributed by atoms with Gasteiger partial charge in [-0.2, -0.15) is 0 Å². The molecule has 0 saturated heterocycles. The molecule has 1 heterocycles. The lowest BCUT2D eigenvalue weighted by Gasteiger charge is -1.97. The van der Waals surface area contributed by atoms with E-state index in [1.807, 2.05) is 6.92 Å². The van der Waals surface area contributed by atoms with Gasteiger partial charge in [-0.1, -0.05) is 19.1 Å². The number of hydrogen-bond donors (Lipinski definition) is 0. The molecule has 98 valence electrons. The van der Waals surface area contributed by atoms with Crippen molar-refractivity contribution in [2.45, 2.75) is 19.8 Å². The number of esters is 1. The van der Waals surface area contributed by atoms with Gasteiger partial charge in [0.1, 0.15) is 5.76 Å². The molecule has 0 radical (unpaired) electrons. The largest absolute Gasteiger partial charge is 0.427 e. The summed E-state index contributed by atoms with van der Waals surface area (Å²) in [6.07, 6.45) is 4.88. The molecule has 1 aromatic rings. The molecule has 0 unspecified atom stereocenters. The van der Waals surface area contributed by atoms with E-state index in [9.17, 15) is 14.9 Å². The molecule has 19 heavy (non-hydrogen) atoms. The Morgan fingerprint density at radius 3 is 2.89 bits per heavy atom. The van der Waals surface area contributed by atoms with Crippen molar-refractivity contribution in [1.29, 1.82) is 0 Å². The lowest BCUT2D eigenvalue weighted by molar-refractivity contribution is -0.384. The highest BCUT2D eigenvalue weighted by molar-refractivity contribution is 5.99. The summed E-state index contributed by atoms with van der Waals surface area (Å²) in [4.78, 5) is 21.8. The van der Waals surface area contributed by atoms with Crippen molar-refractivity contribution in [2.75, 3.05) is 0 Å². The van der Waals surface area contributed by atoms with Gasteiger partial charge in [0, 0.05) is 18.6 Å². The Labute approximate surface area is 110 Å². The van der Waals surface area contributed by atoms with E-state index in [2.05, 4.69) is 0 Å². The molecule has 5 heteroatoms. The summed E-state index contributed by atoms with van der Waals surface area (Å²) in [7, 11) is 0. The summed E-state index contributed by atoms with van der Waals surface area (Å²) < 4.78 is 5.08. The molecule has 2 rings (SSSR count). The van der Waals surface area contributed by atoms with Gasteiger partial charge in [0.15, 0.2) is 0 Å². The van der Waals surface area contributed by atoms with E-state index < -0.39 is 10.9 Å². The van der Waals surface area contributed by atoms with Crippen LogP contribution in [0.25, 0.3) is 6.08 Å². The summed E-state index contributed by atoms with van der Waals surface area (Å²) in [5, 5.41) is 10.7. The molecule has 5 nitrogen and oxygen atoms in total. The number of cyclic esters (lactones) is 1. The SMILES string of the molecule is CCCC1=C/C(=C\c2cccc([N+](=O)[O-])c2)C(=O)O1. The molecule has 1 aliphatic rings. The van der Waals surface area contributed by atoms with Crippen LogP contribution in [0.3, 0.4) is 0 Å². The Morgan fingerprint density at radius 1 is 1.42 bits per heavy atom. The van der Waals surface area contributed by atoms with E-state index in [4.69, 9.17) is 4.74 Å². The van der Waals surface area contributed by atoms with Crippen LogP contribution < -0.4 is 0 Å². The average Bonchev–Trinajstić information content (AvgIpc) is 2.70. The third-order valence-corrected chi connectivity index (χ3v) is 2.68. The number of nitrogens with zero attached hydrogens (tertiary/aromatic N) is 1. The molecule has 0 aromatic heterocycles. The molecule has 1 aliphatic heterocycles. The third kappa shape index (κ3) is 3.07. The first-order valence-electron chi connectivity index (χ1n) is 5.99. The van der Waals surface area contributed by atoms with Gasteiger partial charge >= 0.3 is 5.97 Å². The van der Waals surface area contributed by atoms with Crippen molar-refractivity contribution < 1.29 is 14.5 Å². The van der Waals surface area contributed by atoms with Crippen LogP contribution >= 0.6 is 0 Å². The minimum absolute atomic E-state index is 0.00141. The molecular weight excluding hydrogens is 246 g/mol. The van der Waals surface area contributed by atoms with Crippen LogP contribution in [0.5, 0.6) is 0 Å². The summed E-state index contributed by atoms with van der Waals surface area (Å²) in [6.45, 7) is 2.00. The van der Waals surface area contributed by atoms with Gasteiger partial charge in [-0.15, -0.1) is 0 Å². The van der Waals surface area contributed by atoms with Crippen LogP contribution in [0, 0.1) is 10.1 Å². The van der Waals surface area contributed by atoms with Gasteiger partial charge in [-0.25, -0.2) is 4.79 Å². The molecule has 0 aliphatic carbocycles. The summed E-state index contributed by atoms with van der Waals surface area (Å²) in [5.74, 6) is 0.235. The number of ether oxygens (including phenoxy) is 1. The van der Waals surface area contributed by atoms with Crippen LogP contribution in [0.4, 0.5) is 5.69 Å². The number of benzene rings is 1. The molecule has 0 spiro atoms. The Balaban J connectivity index is 2.28. The molecule has 1 aromatic carbocycles. The fourth-order valence-corrected chi connectivity index (χ4v) is 1.82. The summed E-state index contributed by atoms with van der Waals surface area (Å²) in [6, 6.07) is 6.12. The quantitative estimate of drug-likeness (QED) is 0.360.